The highest BCUT2D eigenvalue weighted by Crippen LogP contribution is 2.23. The molecule has 0 radical (unpaired) electrons. The Morgan fingerprint density at radius 3 is 2.62 bits per heavy atom. The lowest BCUT2D eigenvalue weighted by atomic mass is 10.1. The lowest BCUT2D eigenvalue weighted by Crippen LogP contribution is -2.44. The SMILES string of the molecule is CCCn1c(SC(C)C(=O)NC(C)(C)C)nc2ccccc2c1=O. The number of rotatable bonds is 5. The molecule has 0 saturated carbocycles. The first-order valence-electron chi connectivity index (χ1n) is 8.21. The number of carbonyl (C=O) groups is 1. The van der Waals surface area contributed by atoms with E-state index in [1.54, 1.807) is 10.6 Å². The van der Waals surface area contributed by atoms with Gasteiger partial charge in [-0.3, -0.25) is 14.2 Å². The van der Waals surface area contributed by atoms with Gasteiger partial charge >= 0.3 is 0 Å². The van der Waals surface area contributed by atoms with E-state index in [0.29, 0.717) is 22.6 Å². The van der Waals surface area contributed by atoms with Gasteiger partial charge in [0.25, 0.3) is 5.56 Å². The highest BCUT2D eigenvalue weighted by atomic mass is 32.2. The van der Waals surface area contributed by atoms with Crippen molar-refractivity contribution in [3.05, 3.63) is 34.6 Å². The normalized spacial score (nSPS) is 13.0. The molecular formula is C18H25N3O2S. The number of hydrogen-bond acceptors (Lipinski definition) is 4. The molecule has 0 spiro atoms. The monoisotopic (exact) mass is 347 g/mol. The molecule has 1 atom stereocenters. The zero-order valence-corrected chi connectivity index (χ0v) is 15.7. The predicted molar refractivity (Wildman–Crippen MR) is 99.5 cm³/mol. The van der Waals surface area contributed by atoms with Gasteiger partial charge in [-0.15, -0.1) is 0 Å². The molecule has 0 bridgehead atoms. The van der Waals surface area contributed by atoms with Crippen molar-refractivity contribution >= 4 is 28.6 Å². The summed E-state index contributed by atoms with van der Waals surface area (Å²) in [4.78, 5) is 29.7. The molecule has 130 valence electrons. The maximum atomic E-state index is 12.7. The van der Waals surface area contributed by atoms with Crippen molar-refractivity contribution in [1.82, 2.24) is 14.9 Å². The van der Waals surface area contributed by atoms with Crippen LogP contribution in [0.4, 0.5) is 0 Å². The van der Waals surface area contributed by atoms with Gasteiger partial charge in [-0.05, 0) is 46.2 Å². The van der Waals surface area contributed by atoms with E-state index in [1.807, 2.05) is 52.8 Å². The quantitative estimate of drug-likeness (QED) is 0.666. The largest absolute Gasteiger partial charge is 0.351 e. The zero-order chi connectivity index (χ0) is 17.9. The molecular weight excluding hydrogens is 322 g/mol. The van der Waals surface area contributed by atoms with Gasteiger partial charge in [-0.25, -0.2) is 4.98 Å². The van der Waals surface area contributed by atoms with Crippen LogP contribution in [-0.2, 0) is 11.3 Å². The minimum absolute atomic E-state index is 0.0478. The van der Waals surface area contributed by atoms with Crippen molar-refractivity contribution in [2.45, 2.75) is 63.5 Å². The Kier molecular flexibility index (Phi) is 5.70. The molecule has 2 aromatic rings. The summed E-state index contributed by atoms with van der Waals surface area (Å²) in [5, 5.41) is 3.84. The molecule has 1 unspecified atom stereocenters. The predicted octanol–water partition coefficient (Wildman–Crippen LogP) is 3.20. The minimum Gasteiger partial charge on any atom is -0.351 e. The van der Waals surface area contributed by atoms with Crippen LogP contribution in [0, 0.1) is 0 Å². The maximum absolute atomic E-state index is 12.7. The van der Waals surface area contributed by atoms with Crippen LogP contribution in [0.2, 0.25) is 0 Å². The average Bonchev–Trinajstić information content (AvgIpc) is 2.49. The van der Waals surface area contributed by atoms with Gasteiger partial charge in [0.15, 0.2) is 5.16 Å². The smallest absolute Gasteiger partial charge is 0.262 e. The number of aromatic nitrogens is 2. The van der Waals surface area contributed by atoms with Crippen LogP contribution in [0.1, 0.15) is 41.0 Å². The van der Waals surface area contributed by atoms with Crippen molar-refractivity contribution in [2.24, 2.45) is 0 Å². The fourth-order valence-electron chi connectivity index (χ4n) is 2.34. The third-order valence-corrected chi connectivity index (χ3v) is 4.51. The number of nitrogens with one attached hydrogen (secondary N) is 1. The summed E-state index contributed by atoms with van der Waals surface area (Å²) < 4.78 is 1.67. The minimum atomic E-state index is -0.333. The Morgan fingerprint density at radius 1 is 1.33 bits per heavy atom. The van der Waals surface area contributed by atoms with Crippen molar-refractivity contribution in [1.29, 1.82) is 0 Å². The molecule has 0 fully saturated rings. The first-order chi connectivity index (χ1) is 11.2. The van der Waals surface area contributed by atoms with Crippen LogP contribution in [0.15, 0.2) is 34.2 Å². The summed E-state index contributed by atoms with van der Waals surface area (Å²) >= 11 is 1.33. The Bertz CT molecular complexity index is 793. The molecule has 0 aliphatic heterocycles. The number of hydrogen-bond donors (Lipinski definition) is 1. The van der Waals surface area contributed by atoms with Crippen LogP contribution in [-0.4, -0.2) is 26.2 Å². The highest BCUT2D eigenvalue weighted by molar-refractivity contribution is 8.00. The molecule has 1 N–H and O–H groups in total. The number of amides is 1. The van der Waals surface area contributed by atoms with E-state index < -0.39 is 0 Å². The van der Waals surface area contributed by atoms with Crippen molar-refractivity contribution in [3.63, 3.8) is 0 Å². The van der Waals surface area contributed by atoms with Crippen LogP contribution in [0.5, 0.6) is 0 Å². The first kappa shape index (κ1) is 18.5. The summed E-state index contributed by atoms with van der Waals surface area (Å²) in [7, 11) is 0. The van der Waals surface area contributed by atoms with Crippen LogP contribution in [0.25, 0.3) is 10.9 Å². The molecule has 1 aromatic heterocycles. The number of para-hydroxylation sites is 1. The summed E-state index contributed by atoms with van der Waals surface area (Å²) in [5.74, 6) is -0.0574. The third kappa shape index (κ3) is 4.38. The van der Waals surface area contributed by atoms with Gasteiger partial charge in [0.2, 0.25) is 5.91 Å². The molecule has 1 amide bonds. The van der Waals surface area contributed by atoms with Gasteiger partial charge in [0.1, 0.15) is 0 Å². The summed E-state index contributed by atoms with van der Waals surface area (Å²) in [6.07, 6.45) is 0.829. The molecule has 6 heteroatoms. The third-order valence-electron chi connectivity index (χ3n) is 3.42. The van der Waals surface area contributed by atoms with Crippen LogP contribution in [0.3, 0.4) is 0 Å². The Labute approximate surface area is 146 Å². The van der Waals surface area contributed by atoms with E-state index in [2.05, 4.69) is 10.3 Å². The summed E-state index contributed by atoms with van der Waals surface area (Å²) in [6, 6.07) is 7.33. The summed E-state index contributed by atoms with van der Waals surface area (Å²) in [5.41, 5.74) is 0.334. The van der Waals surface area contributed by atoms with Crippen LogP contribution < -0.4 is 10.9 Å². The molecule has 0 saturated heterocycles. The molecule has 0 aliphatic rings. The van der Waals surface area contributed by atoms with E-state index in [4.69, 9.17) is 0 Å². The number of carbonyl (C=O) groups excluding carboxylic acids is 1. The Balaban J connectivity index is 2.38. The molecule has 2 rings (SSSR count). The van der Waals surface area contributed by atoms with Crippen molar-refractivity contribution < 1.29 is 4.79 Å². The second-order valence-corrected chi connectivity index (χ2v) is 8.18. The molecule has 5 nitrogen and oxygen atoms in total. The van der Waals surface area contributed by atoms with E-state index >= 15 is 0 Å². The zero-order valence-electron chi connectivity index (χ0n) is 14.9. The van der Waals surface area contributed by atoms with Gasteiger partial charge < -0.3 is 5.32 Å². The average molecular weight is 347 g/mol. The summed E-state index contributed by atoms with van der Waals surface area (Å²) in [6.45, 7) is 10.3. The molecule has 0 aliphatic carbocycles. The maximum Gasteiger partial charge on any atom is 0.262 e. The van der Waals surface area contributed by atoms with E-state index in [0.717, 1.165) is 6.42 Å². The van der Waals surface area contributed by atoms with Gasteiger partial charge in [0.05, 0.1) is 16.2 Å². The van der Waals surface area contributed by atoms with Crippen molar-refractivity contribution in [2.75, 3.05) is 0 Å². The van der Waals surface area contributed by atoms with E-state index in [-0.39, 0.29) is 22.3 Å². The van der Waals surface area contributed by atoms with Gasteiger partial charge in [-0.1, -0.05) is 30.8 Å². The molecule has 1 aromatic carbocycles. The second-order valence-electron chi connectivity index (χ2n) is 6.87. The molecule has 24 heavy (non-hydrogen) atoms. The molecule has 1 heterocycles. The lowest BCUT2D eigenvalue weighted by molar-refractivity contribution is -0.121. The fourth-order valence-corrected chi connectivity index (χ4v) is 3.28. The van der Waals surface area contributed by atoms with Crippen molar-refractivity contribution in [3.8, 4) is 0 Å². The number of fused-ring (bicyclic) bond motifs is 1. The first-order valence-corrected chi connectivity index (χ1v) is 9.09. The fraction of sp³-hybridized carbons (Fsp3) is 0.500. The van der Waals surface area contributed by atoms with Gasteiger partial charge in [0, 0.05) is 12.1 Å². The number of thioether (sulfide) groups is 1. The van der Waals surface area contributed by atoms with E-state index in [1.165, 1.54) is 11.8 Å². The Morgan fingerprint density at radius 2 is 2.00 bits per heavy atom. The topological polar surface area (TPSA) is 64.0 Å². The van der Waals surface area contributed by atoms with Gasteiger partial charge in [-0.2, -0.15) is 0 Å². The second kappa shape index (κ2) is 7.38. The standard InChI is InChI=1S/C18H25N3O2S/c1-6-11-21-16(23)13-9-7-8-10-14(13)19-17(21)24-12(2)15(22)20-18(3,4)5/h7-10,12H,6,11H2,1-5H3,(H,20,22). The number of benzene rings is 1. The highest BCUT2D eigenvalue weighted by Gasteiger charge is 2.22. The van der Waals surface area contributed by atoms with Crippen LogP contribution >= 0.6 is 11.8 Å². The van der Waals surface area contributed by atoms with E-state index in [9.17, 15) is 9.59 Å². The number of nitrogens with zero attached hydrogens (tertiary/aromatic N) is 2. The Hall–Kier alpha value is -1.82. The lowest BCUT2D eigenvalue weighted by Gasteiger charge is -2.23.